The summed E-state index contributed by atoms with van der Waals surface area (Å²) >= 11 is 3.66. The van der Waals surface area contributed by atoms with Gasteiger partial charge in [0.15, 0.2) is 0 Å². The van der Waals surface area contributed by atoms with Gasteiger partial charge in [-0.25, -0.2) is 0 Å². The molecule has 0 saturated heterocycles. The van der Waals surface area contributed by atoms with E-state index in [1.165, 1.54) is 18.5 Å². The number of aromatic nitrogens is 2. The summed E-state index contributed by atoms with van der Waals surface area (Å²) in [5.41, 5.74) is 1.37. The molecule has 0 fully saturated rings. The molecule has 2 nitrogen and oxygen atoms in total. The molecule has 0 saturated carbocycles. The lowest BCUT2D eigenvalue weighted by Gasteiger charge is -2.08. The van der Waals surface area contributed by atoms with Gasteiger partial charge in [0.25, 0.3) is 0 Å². The predicted molar refractivity (Wildman–Crippen MR) is 63.8 cm³/mol. The average Bonchev–Trinajstić information content (AvgIpc) is 2.62. The summed E-state index contributed by atoms with van der Waals surface area (Å²) in [6.45, 7) is 5.44. The van der Waals surface area contributed by atoms with Crippen LogP contribution in [0.1, 0.15) is 38.8 Å². The fourth-order valence-corrected chi connectivity index (χ4v) is 1.72. The van der Waals surface area contributed by atoms with E-state index in [-0.39, 0.29) is 0 Å². The summed E-state index contributed by atoms with van der Waals surface area (Å²) in [6.07, 6.45) is 6.58. The van der Waals surface area contributed by atoms with Gasteiger partial charge in [-0.05, 0) is 31.7 Å². The topological polar surface area (TPSA) is 17.8 Å². The Balaban J connectivity index is 2.45. The van der Waals surface area contributed by atoms with Crippen LogP contribution in [0.25, 0.3) is 0 Å². The van der Waals surface area contributed by atoms with Crippen LogP contribution in [0.2, 0.25) is 0 Å². The second-order valence-electron chi connectivity index (χ2n) is 3.59. The Hall–Kier alpha value is -0.310. The standard InChI is InChI=1S/C11H19BrN2/c1-3-9-14-11(7-8-13-14)6-5-10(12)4-2/h7-8,10H,3-6,9H2,1-2H3. The summed E-state index contributed by atoms with van der Waals surface area (Å²) < 4.78 is 2.12. The third-order valence-electron chi connectivity index (χ3n) is 2.40. The van der Waals surface area contributed by atoms with Gasteiger partial charge in [-0.15, -0.1) is 0 Å². The Morgan fingerprint density at radius 1 is 1.50 bits per heavy atom. The van der Waals surface area contributed by atoms with Crippen molar-refractivity contribution < 1.29 is 0 Å². The van der Waals surface area contributed by atoms with Crippen LogP contribution in [-0.2, 0) is 13.0 Å². The molecule has 1 atom stereocenters. The third kappa shape index (κ3) is 3.45. The van der Waals surface area contributed by atoms with Crippen molar-refractivity contribution in [2.24, 2.45) is 0 Å². The minimum absolute atomic E-state index is 0.646. The Kier molecular flexibility index (Phi) is 5.23. The first-order chi connectivity index (χ1) is 6.77. The first-order valence-electron chi connectivity index (χ1n) is 5.42. The highest BCUT2D eigenvalue weighted by atomic mass is 79.9. The average molecular weight is 259 g/mol. The molecule has 1 heterocycles. The molecule has 0 amide bonds. The summed E-state index contributed by atoms with van der Waals surface area (Å²) in [5.74, 6) is 0. The van der Waals surface area contributed by atoms with Gasteiger partial charge in [0.05, 0.1) is 0 Å². The zero-order valence-corrected chi connectivity index (χ0v) is 10.6. The molecule has 0 aliphatic rings. The maximum atomic E-state index is 4.31. The zero-order valence-electron chi connectivity index (χ0n) is 9.04. The Labute approximate surface area is 94.8 Å². The van der Waals surface area contributed by atoms with E-state index in [0.29, 0.717) is 4.83 Å². The molecule has 1 unspecified atom stereocenters. The van der Waals surface area contributed by atoms with E-state index in [0.717, 1.165) is 19.4 Å². The maximum absolute atomic E-state index is 4.31. The van der Waals surface area contributed by atoms with Crippen LogP contribution in [0.15, 0.2) is 12.3 Å². The molecule has 1 rings (SSSR count). The molecular formula is C11H19BrN2. The van der Waals surface area contributed by atoms with E-state index in [2.05, 4.69) is 45.6 Å². The second-order valence-corrected chi connectivity index (χ2v) is 4.88. The van der Waals surface area contributed by atoms with Crippen molar-refractivity contribution in [1.82, 2.24) is 9.78 Å². The van der Waals surface area contributed by atoms with Crippen molar-refractivity contribution in [3.05, 3.63) is 18.0 Å². The molecule has 0 aliphatic heterocycles. The molecule has 14 heavy (non-hydrogen) atoms. The van der Waals surface area contributed by atoms with Gasteiger partial charge in [0, 0.05) is 23.3 Å². The van der Waals surface area contributed by atoms with Crippen LogP contribution >= 0.6 is 15.9 Å². The van der Waals surface area contributed by atoms with Crippen LogP contribution in [-0.4, -0.2) is 14.6 Å². The SMILES string of the molecule is CCCn1nccc1CCC(Br)CC. The number of hydrogen-bond donors (Lipinski definition) is 0. The number of aryl methyl sites for hydroxylation is 2. The summed E-state index contributed by atoms with van der Waals surface area (Å²) in [6, 6.07) is 2.13. The van der Waals surface area contributed by atoms with Gasteiger partial charge in [-0.3, -0.25) is 4.68 Å². The number of hydrogen-bond acceptors (Lipinski definition) is 1. The van der Waals surface area contributed by atoms with Crippen molar-refractivity contribution in [3.63, 3.8) is 0 Å². The van der Waals surface area contributed by atoms with Crippen molar-refractivity contribution in [1.29, 1.82) is 0 Å². The monoisotopic (exact) mass is 258 g/mol. The lowest BCUT2D eigenvalue weighted by atomic mass is 10.1. The van der Waals surface area contributed by atoms with E-state index >= 15 is 0 Å². The van der Waals surface area contributed by atoms with E-state index in [9.17, 15) is 0 Å². The fourth-order valence-electron chi connectivity index (χ4n) is 1.49. The quantitative estimate of drug-likeness (QED) is 0.716. The maximum Gasteiger partial charge on any atom is 0.0492 e. The second kappa shape index (κ2) is 6.23. The van der Waals surface area contributed by atoms with Crippen molar-refractivity contribution in [3.8, 4) is 0 Å². The van der Waals surface area contributed by atoms with Crippen molar-refractivity contribution >= 4 is 15.9 Å². The van der Waals surface area contributed by atoms with Crippen molar-refractivity contribution in [2.45, 2.75) is 50.9 Å². The molecule has 80 valence electrons. The first-order valence-corrected chi connectivity index (χ1v) is 6.34. The molecular weight excluding hydrogens is 240 g/mol. The van der Waals surface area contributed by atoms with E-state index in [4.69, 9.17) is 0 Å². The van der Waals surface area contributed by atoms with Gasteiger partial charge in [0.1, 0.15) is 0 Å². The van der Waals surface area contributed by atoms with Crippen LogP contribution in [0.3, 0.4) is 0 Å². The third-order valence-corrected chi connectivity index (χ3v) is 3.50. The van der Waals surface area contributed by atoms with E-state index < -0.39 is 0 Å². The highest BCUT2D eigenvalue weighted by Gasteiger charge is 2.05. The predicted octanol–water partition coefficient (Wildman–Crippen LogP) is 3.40. The summed E-state index contributed by atoms with van der Waals surface area (Å²) in [7, 11) is 0. The molecule has 0 bridgehead atoms. The molecule has 0 aromatic carbocycles. The fraction of sp³-hybridized carbons (Fsp3) is 0.727. The Bertz CT molecular complexity index is 258. The lowest BCUT2D eigenvalue weighted by Crippen LogP contribution is -2.06. The number of rotatable bonds is 6. The van der Waals surface area contributed by atoms with Crippen molar-refractivity contribution in [2.75, 3.05) is 0 Å². The van der Waals surface area contributed by atoms with Crippen LogP contribution < -0.4 is 0 Å². The van der Waals surface area contributed by atoms with Gasteiger partial charge in [0.2, 0.25) is 0 Å². The van der Waals surface area contributed by atoms with E-state index in [1.54, 1.807) is 0 Å². The highest BCUT2D eigenvalue weighted by molar-refractivity contribution is 9.09. The lowest BCUT2D eigenvalue weighted by molar-refractivity contribution is 0.564. The highest BCUT2D eigenvalue weighted by Crippen LogP contribution is 2.13. The van der Waals surface area contributed by atoms with Crippen LogP contribution in [0.5, 0.6) is 0 Å². The number of halogens is 1. The molecule has 1 aromatic heterocycles. The normalized spacial score (nSPS) is 13.1. The van der Waals surface area contributed by atoms with Gasteiger partial charge in [-0.1, -0.05) is 29.8 Å². The minimum atomic E-state index is 0.646. The van der Waals surface area contributed by atoms with Gasteiger partial charge < -0.3 is 0 Å². The Morgan fingerprint density at radius 2 is 2.29 bits per heavy atom. The largest absolute Gasteiger partial charge is 0.270 e. The molecule has 3 heteroatoms. The zero-order chi connectivity index (χ0) is 10.4. The van der Waals surface area contributed by atoms with E-state index in [1.807, 2.05) is 6.20 Å². The molecule has 0 spiro atoms. The van der Waals surface area contributed by atoms with Crippen LogP contribution in [0.4, 0.5) is 0 Å². The molecule has 1 aromatic rings. The minimum Gasteiger partial charge on any atom is -0.270 e. The van der Waals surface area contributed by atoms with Crippen LogP contribution in [0, 0.1) is 0 Å². The summed E-state index contributed by atoms with van der Waals surface area (Å²) in [4.78, 5) is 0.646. The molecule has 0 N–H and O–H groups in total. The Morgan fingerprint density at radius 3 is 2.93 bits per heavy atom. The number of nitrogens with zero attached hydrogens (tertiary/aromatic N) is 2. The number of alkyl halides is 1. The summed E-state index contributed by atoms with van der Waals surface area (Å²) in [5, 5.41) is 4.31. The van der Waals surface area contributed by atoms with Gasteiger partial charge in [-0.2, -0.15) is 5.10 Å². The molecule has 0 radical (unpaired) electrons. The first kappa shape index (κ1) is 11.8. The van der Waals surface area contributed by atoms with Gasteiger partial charge >= 0.3 is 0 Å². The smallest absolute Gasteiger partial charge is 0.0492 e. The molecule has 0 aliphatic carbocycles.